The van der Waals surface area contributed by atoms with Crippen LogP contribution in [0.15, 0.2) is 36.8 Å². The zero-order chi connectivity index (χ0) is 12.3. The van der Waals surface area contributed by atoms with Crippen molar-refractivity contribution < 1.29 is 14.3 Å². The number of carboxylic acids is 1. The number of aromatic carboxylic acids is 1. The minimum atomic E-state index is -1.18. The van der Waals surface area contributed by atoms with E-state index in [0.717, 1.165) is 6.20 Å². The van der Waals surface area contributed by atoms with Crippen molar-refractivity contribution in [2.45, 2.75) is 0 Å². The summed E-state index contributed by atoms with van der Waals surface area (Å²) < 4.78 is 13.4. The minimum Gasteiger partial charge on any atom is -0.477 e. The van der Waals surface area contributed by atoms with E-state index < -0.39 is 11.8 Å². The van der Waals surface area contributed by atoms with E-state index in [-0.39, 0.29) is 17.1 Å². The molecule has 0 atom stereocenters. The van der Waals surface area contributed by atoms with Gasteiger partial charge in [0.25, 0.3) is 0 Å². The van der Waals surface area contributed by atoms with Gasteiger partial charge in [-0.05, 0) is 12.1 Å². The fourth-order valence-corrected chi connectivity index (χ4v) is 1.28. The van der Waals surface area contributed by atoms with Crippen molar-refractivity contribution in [3.63, 3.8) is 0 Å². The molecule has 0 aliphatic heterocycles. The van der Waals surface area contributed by atoms with E-state index in [1.807, 2.05) is 0 Å². The number of rotatable bonds is 3. The SMILES string of the molecule is O=C(O)c1cncnc1Nc1ccccc1F. The summed E-state index contributed by atoms with van der Waals surface area (Å²) in [7, 11) is 0. The summed E-state index contributed by atoms with van der Waals surface area (Å²) in [4.78, 5) is 18.3. The highest BCUT2D eigenvalue weighted by Crippen LogP contribution is 2.20. The van der Waals surface area contributed by atoms with Gasteiger partial charge in [-0.25, -0.2) is 19.2 Å². The van der Waals surface area contributed by atoms with Crippen molar-refractivity contribution in [1.29, 1.82) is 0 Å². The van der Waals surface area contributed by atoms with Crippen LogP contribution >= 0.6 is 0 Å². The number of benzene rings is 1. The van der Waals surface area contributed by atoms with Gasteiger partial charge in [-0.3, -0.25) is 0 Å². The van der Waals surface area contributed by atoms with Crippen LogP contribution in [0.4, 0.5) is 15.9 Å². The third-order valence-electron chi connectivity index (χ3n) is 2.07. The molecule has 0 aliphatic rings. The van der Waals surface area contributed by atoms with Crippen LogP contribution in [0.2, 0.25) is 0 Å². The van der Waals surface area contributed by atoms with E-state index in [2.05, 4.69) is 15.3 Å². The predicted molar refractivity (Wildman–Crippen MR) is 58.7 cm³/mol. The van der Waals surface area contributed by atoms with E-state index in [9.17, 15) is 9.18 Å². The van der Waals surface area contributed by atoms with Crippen LogP contribution in [-0.4, -0.2) is 21.0 Å². The molecule has 0 saturated carbocycles. The average molecular weight is 233 g/mol. The number of halogens is 1. The summed E-state index contributed by atoms with van der Waals surface area (Å²) in [5.74, 6) is -1.61. The van der Waals surface area contributed by atoms with Gasteiger partial charge in [0.1, 0.15) is 23.5 Å². The molecule has 0 unspecified atom stereocenters. The van der Waals surface area contributed by atoms with E-state index in [4.69, 9.17) is 5.11 Å². The Balaban J connectivity index is 2.37. The van der Waals surface area contributed by atoms with Crippen molar-refractivity contribution in [2.75, 3.05) is 5.32 Å². The Morgan fingerprint density at radius 3 is 2.82 bits per heavy atom. The number of nitrogens with zero attached hydrogens (tertiary/aromatic N) is 2. The molecular formula is C11H8FN3O2. The number of aromatic nitrogens is 2. The Bertz CT molecular complexity index is 560. The molecule has 0 spiro atoms. The van der Waals surface area contributed by atoms with Crippen molar-refractivity contribution >= 4 is 17.5 Å². The van der Waals surface area contributed by atoms with Gasteiger partial charge in [0, 0.05) is 6.20 Å². The zero-order valence-corrected chi connectivity index (χ0v) is 8.59. The number of hydrogen-bond acceptors (Lipinski definition) is 4. The first-order valence-electron chi connectivity index (χ1n) is 4.73. The summed E-state index contributed by atoms with van der Waals surface area (Å²) in [6.07, 6.45) is 2.34. The molecule has 2 N–H and O–H groups in total. The minimum absolute atomic E-state index is 0.0533. The maximum Gasteiger partial charge on any atom is 0.341 e. The van der Waals surface area contributed by atoms with E-state index in [1.54, 1.807) is 12.1 Å². The van der Waals surface area contributed by atoms with Crippen LogP contribution in [0.25, 0.3) is 0 Å². The first-order chi connectivity index (χ1) is 8.18. The van der Waals surface area contributed by atoms with Gasteiger partial charge in [0.15, 0.2) is 0 Å². The highest BCUT2D eigenvalue weighted by molar-refractivity contribution is 5.93. The monoisotopic (exact) mass is 233 g/mol. The molecule has 1 aromatic heterocycles. The second kappa shape index (κ2) is 4.56. The van der Waals surface area contributed by atoms with E-state index in [0.29, 0.717) is 0 Å². The molecule has 1 heterocycles. The van der Waals surface area contributed by atoms with Gasteiger partial charge in [0.05, 0.1) is 5.69 Å². The predicted octanol–water partition coefficient (Wildman–Crippen LogP) is 2.06. The summed E-state index contributed by atoms with van der Waals surface area (Å²) in [5, 5.41) is 11.5. The first kappa shape index (κ1) is 11.0. The number of carbonyl (C=O) groups is 1. The third kappa shape index (κ3) is 2.36. The largest absolute Gasteiger partial charge is 0.477 e. The molecule has 0 radical (unpaired) electrons. The van der Waals surface area contributed by atoms with Gasteiger partial charge >= 0.3 is 5.97 Å². The van der Waals surface area contributed by atoms with E-state index >= 15 is 0 Å². The van der Waals surface area contributed by atoms with Crippen molar-refractivity contribution in [2.24, 2.45) is 0 Å². The molecule has 0 saturated heterocycles. The van der Waals surface area contributed by atoms with Crippen LogP contribution in [0.1, 0.15) is 10.4 Å². The standard InChI is InChI=1S/C11H8FN3O2/c12-8-3-1-2-4-9(8)15-10-7(11(16)17)5-13-6-14-10/h1-6H,(H,16,17)(H,13,14,15). The number of nitrogens with one attached hydrogen (secondary N) is 1. The molecular weight excluding hydrogens is 225 g/mol. The zero-order valence-electron chi connectivity index (χ0n) is 8.59. The lowest BCUT2D eigenvalue weighted by Crippen LogP contribution is -2.06. The maximum absolute atomic E-state index is 13.4. The molecule has 2 aromatic rings. The van der Waals surface area contributed by atoms with Crippen LogP contribution in [0, 0.1) is 5.82 Å². The lowest BCUT2D eigenvalue weighted by atomic mass is 10.2. The van der Waals surface area contributed by atoms with Gasteiger partial charge in [-0.2, -0.15) is 0 Å². The smallest absolute Gasteiger partial charge is 0.341 e. The summed E-state index contributed by atoms with van der Waals surface area (Å²) >= 11 is 0. The molecule has 0 bridgehead atoms. The van der Waals surface area contributed by atoms with Crippen LogP contribution in [-0.2, 0) is 0 Å². The molecule has 0 amide bonds. The quantitative estimate of drug-likeness (QED) is 0.848. The molecule has 2 rings (SSSR count). The molecule has 0 aliphatic carbocycles. The Morgan fingerprint density at radius 2 is 2.12 bits per heavy atom. The Kier molecular flexibility index (Phi) is 2.95. The molecule has 6 heteroatoms. The second-order valence-electron chi connectivity index (χ2n) is 3.20. The van der Waals surface area contributed by atoms with E-state index in [1.165, 1.54) is 18.5 Å². The maximum atomic E-state index is 13.4. The number of anilines is 2. The number of hydrogen-bond donors (Lipinski definition) is 2. The molecule has 0 fully saturated rings. The van der Waals surface area contributed by atoms with Crippen LogP contribution in [0.3, 0.4) is 0 Å². The molecule has 17 heavy (non-hydrogen) atoms. The summed E-state index contributed by atoms with van der Waals surface area (Å²) in [6, 6.07) is 5.93. The van der Waals surface area contributed by atoms with Crippen LogP contribution in [0.5, 0.6) is 0 Å². The van der Waals surface area contributed by atoms with Crippen LogP contribution < -0.4 is 5.32 Å². The lowest BCUT2D eigenvalue weighted by molar-refractivity contribution is 0.0697. The fourth-order valence-electron chi connectivity index (χ4n) is 1.28. The third-order valence-corrected chi connectivity index (χ3v) is 2.07. The fraction of sp³-hybridized carbons (Fsp3) is 0. The normalized spacial score (nSPS) is 9.94. The van der Waals surface area contributed by atoms with Gasteiger partial charge in [0.2, 0.25) is 0 Å². The average Bonchev–Trinajstić information content (AvgIpc) is 2.32. The Hall–Kier alpha value is -2.50. The summed E-state index contributed by atoms with van der Waals surface area (Å²) in [5.41, 5.74) is 0.0458. The number of carboxylic acid groups (broad SMARTS) is 1. The molecule has 1 aromatic carbocycles. The van der Waals surface area contributed by atoms with Crippen molar-refractivity contribution in [3.8, 4) is 0 Å². The molecule has 86 valence electrons. The lowest BCUT2D eigenvalue weighted by Gasteiger charge is -2.08. The number of para-hydroxylation sites is 1. The van der Waals surface area contributed by atoms with Gasteiger partial charge < -0.3 is 10.4 Å². The second-order valence-corrected chi connectivity index (χ2v) is 3.20. The van der Waals surface area contributed by atoms with Gasteiger partial charge in [-0.15, -0.1) is 0 Å². The first-order valence-corrected chi connectivity index (χ1v) is 4.73. The topological polar surface area (TPSA) is 75.1 Å². The highest BCUT2D eigenvalue weighted by Gasteiger charge is 2.12. The Labute approximate surface area is 96.0 Å². The Morgan fingerprint density at radius 1 is 1.35 bits per heavy atom. The van der Waals surface area contributed by atoms with Crippen molar-refractivity contribution in [3.05, 3.63) is 48.2 Å². The highest BCUT2D eigenvalue weighted by atomic mass is 19.1. The summed E-state index contributed by atoms with van der Waals surface area (Å²) in [6.45, 7) is 0. The molecule has 5 nitrogen and oxygen atoms in total. The van der Waals surface area contributed by atoms with Crippen molar-refractivity contribution in [1.82, 2.24) is 9.97 Å². The van der Waals surface area contributed by atoms with Gasteiger partial charge in [-0.1, -0.05) is 12.1 Å².